The second-order valence-corrected chi connectivity index (χ2v) is 7.65. The third-order valence-electron chi connectivity index (χ3n) is 6.10. The number of carboxylic acid groups (broad SMARTS) is 1. The fourth-order valence-corrected chi connectivity index (χ4v) is 4.39. The zero-order valence-electron chi connectivity index (χ0n) is 15.8. The molecule has 28 heavy (non-hydrogen) atoms. The molecule has 2 aliphatic rings. The average Bonchev–Trinajstić information content (AvgIpc) is 2.72. The van der Waals surface area contributed by atoms with Crippen LogP contribution in [-0.2, 0) is 14.9 Å². The molecule has 5 atom stereocenters. The maximum Gasteiger partial charge on any atom is 0.314 e. The highest BCUT2D eigenvalue weighted by Gasteiger charge is 2.46. The Morgan fingerprint density at radius 1 is 1.14 bits per heavy atom. The van der Waals surface area contributed by atoms with E-state index in [0.29, 0.717) is 29.7 Å². The van der Waals surface area contributed by atoms with Crippen LogP contribution in [0, 0.1) is 0 Å². The lowest BCUT2D eigenvalue weighted by Crippen LogP contribution is -2.55. The molecule has 1 heterocycles. The van der Waals surface area contributed by atoms with Crippen molar-refractivity contribution in [1.29, 1.82) is 0 Å². The van der Waals surface area contributed by atoms with Crippen LogP contribution >= 0.6 is 0 Å². The van der Waals surface area contributed by atoms with Crippen LogP contribution in [0.2, 0.25) is 0 Å². The lowest BCUT2D eigenvalue weighted by Gasteiger charge is -2.41. The number of ether oxygens (including phenoxy) is 2. The van der Waals surface area contributed by atoms with Gasteiger partial charge in [0.2, 0.25) is 0 Å². The van der Waals surface area contributed by atoms with E-state index < -0.39 is 48.5 Å². The topological polar surface area (TPSA) is 137 Å². The van der Waals surface area contributed by atoms with Gasteiger partial charge in [-0.1, -0.05) is 25.3 Å². The van der Waals surface area contributed by atoms with Crippen LogP contribution < -0.4 is 4.74 Å². The normalized spacial score (nSPS) is 32.7. The number of methoxy groups -OCH3 is 1. The predicted molar refractivity (Wildman–Crippen MR) is 98.1 cm³/mol. The molecule has 1 aromatic rings. The molecule has 1 aliphatic heterocycles. The van der Waals surface area contributed by atoms with Gasteiger partial charge in [0.05, 0.1) is 19.1 Å². The Morgan fingerprint density at radius 2 is 1.82 bits per heavy atom. The van der Waals surface area contributed by atoms with Crippen molar-refractivity contribution in [1.82, 2.24) is 0 Å². The number of aliphatic carboxylic acids is 1. The number of carboxylic acids is 1. The summed E-state index contributed by atoms with van der Waals surface area (Å²) in [7, 11) is 1.44. The maximum atomic E-state index is 12.2. The molecule has 0 unspecified atom stereocenters. The third kappa shape index (κ3) is 3.51. The Kier molecular flexibility index (Phi) is 6.26. The van der Waals surface area contributed by atoms with Gasteiger partial charge in [-0.2, -0.15) is 0 Å². The molecular weight excluding hydrogens is 368 g/mol. The van der Waals surface area contributed by atoms with Crippen LogP contribution in [0.5, 0.6) is 5.75 Å². The first-order chi connectivity index (χ1) is 13.4. The fourth-order valence-electron chi connectivity index (χ4n) is 4.39. The first-order valence-corrected chi connectivity index (χ1v) is 9.58. The quantitative estimate of drug-likeness (QED) is 0.485. The van der Waals surface area contributed by atoms with Crippen LogP contribution in [0.3, 0.4) is 0 Å². The largest absolute Gasteiger partial charge is 0.496 e. The van der Waals surface area contributed by atoms with E-state index in [4.69, 9.17) is 9.47 Å². The first-order valence-electron chi connectivity index (χ1n) is 9.58. The molecule has 0 spiro atoms. The number of benzene rings is 1. The van der Waals surface area contributed by atoms with Crippen molar-refractivity contribution >= 4 is 5.97 Å². The number of rotatable bonds is 5. The van der Waals surface area contributed by atoms with Gasteiger partial charge >= 0.3 is 5.97 Å². The molecule has 5 N–H and O–H groups in total. The van der Waals surface area contributed by atoms with Crippen molar-refractivity contribution in [2.24, 2.45) is 0 Å². The molecule has 0 bridgehead atoms. The maximum absolute atomic E-state index is 12.2. The summed E-state index contributed by atoms with van der Waals surface area (Å²) < 4.78 is 11.0. The first kappa shape index (κ1) is 21.0. The minimum Gasteiger partial charge on any atom is -0.496 e. The van der Waals surface area contributed by atoms with Crippen molar-refractivity contribution in [3.8, 4) is 5.75 Å². The Balaban J connectivity index is 2.05. The van der Waals surface area contributed by atoms with Gasteiger partial charge in [0.15, 0.2) is 0 Å². The van der Waals surface area contributed by atoms with Crippen LogP contribution in [0.15, 0.2) is 18.2 Å². The number of carbonyl (C=O) groups is 1. The molecule has 0 amide bonds. The second-order valence-electron chi connectivity index (χ2n) is 7.65. The highest BCUT2D eigenvalue weighted by Crippen LogP contribution is 2.44. The molecule has 0 aromatic heterocycles. The SMILES string of the molecule is COc1ccc(C2(C(=O)O)CCCCC2)cc1[C@@H]1O[C@H](CO)[C@@H](O)[C@H](O)[C@H]1O. The van der Waals surface area contributed by atoms with Crippen LogP contribution in [0.1, 0.15) is 49.3 Å². The van der Waals surface area contributed by atoms with Crippen molar-refractivity contribution in [2.75, 3.05) is 13.7 Å². The molecular formula is C20H28O8. The van der Waals surface area contributed by atoms with Gasteiger partial charge in [0.1, 0.15) is 36.3 Å². The summed E-state index contributed by atoms with van der Waals surface area (Å²) in [4.78, 5) is 12.2. The van der Waals surface area contributed by atoms with Crippen LogP contribution in [0.25, 0.3) is 0 Å². The standard InChI is InChI=1S/C20H28O8/c1-27-13-6-5-11(20(19(25)26)7-3-2-4-8-20)9-12(13)18-17(24)16(23)15(22)14(10-21)28-18/h5-6,9,14-18,21-24H,2-4,7-8,10H2,1H3,(H,25,26)/t14-,15-,16+,17-,18+/m1/s1. The monoisotopic (exact) mass is 396 g/mol. The zero-order valence-corrected chi connectivity index (χ0v) is 15.8. The van der Waals surface area contributed by atoms with E-state index in [1.54, 1.807) is 18.2 Å². The van der Waals surface area contributed by atoms with E-state index in [1.165, 1.54) is 7.11 Å². The van der Waals surface area contributed by atoms with E-state index in [-0.39, 0.29) is 0 Å². The smallest absolute Gasteiger partial charge is 0.314 e. The van der Waals surface area contributed by atoms with Crippen molar-refractivity contribution in [2.45, 2.75) is 68.0 Å². The molecule has 156 valence electrons. The summed E-state index contributed by atoms with van der Waals surface area (Å²) >= 11 is 0. The highest BCUT2D eigenvalue weighted by molar-refractivity contribution is 5.81. The van der Waals surface area contributed by atoms with Gasteiger partial charge in [0, 0.05) is 5.56 Å². The molecule has 1 saturated carbocycles. The summed E-state index contributed by atoms with van der Waals surface area (Å²) in [5, 5.41) is 50.0. The summed E-state index contributed by atoms with van der Waals surface area (Å²) in [6.07, 6.45) is -2.94. The van der Waals surface area contributed by atoms with Gasteiger partial charge in [-0.05, 0) is 30.5 Å². The summed E-state index contributed by atoms with van der Waals surface area (Å²) in [5.41, 5.74) is -0.0523. The van der Waals surface area contributed by atoms with Crippen molar-refractivity contribution in [3.63, 3.8) is 0 Å². The zero-order chi connectivity index (χ0) is 20.5. The van der Waals surface area contributed by atoms with E-state index in [1.807, 2.05) is 0 Å². The van der Waals surface area contributed by atoms with Crippen molar-refractivity contribution in [3.05, 3.63) is 29.3 Å². The van der Waals surface area contributed by atoms with Crippen LogP contribution in [0.4, 0.5) is 0 Å². The van der Waals surface area contributed by atoms with E-state index in [9.17, 15) is 30.3 Å². The Bertz CT molecular complexity index is 697. The summed E-state index contributed by atoms with van der Waals surface area (Å²) in [5.74, 6) is -0.526. The van der Waals surface area contributed by atoms with E-state index in [2.05, 4.69) is 0 Å². The highest BCUT2D eigenvalue weighted by atomic mass is 16.5. The number of aliphatic hydroxyl groups is 4. The molecule has 8 nitrogen and oxygen atoms in total. The van der Waals surface area contributed by atoms with Gasteiger partial charge in [-0.25, -0.2) is 0 Å². The lowest BCUT2D eigenvalue weighted by molar-refractivity contribution is -0.232. The Hall–Kier alpha value is -1.71. The molecule has 8 heteroatoms. The van der Waals surface area contributed by atoms with Crippen LogP contribution in [-0.4, -0.2) is 69.6 Å². The molecule has 2 fully saturated rings. The summed E-state index contributed by atoms with van der Waals surface area (Å²) in [6, 6.07) is 4.99. The molecule has 1 saturated heterocycles. The minimum atomic E-state index is -1.52. The number of hydrogen-bond acceptors (Lipinski definition) is 7. The summed E-state index contributed by atoms with van der Waals surface area (Å²) in [6.45, 7) is -0.539. The molecule has 0 radical (unpaired) electrons. The number of hydrogen-bond donors (Lipinski definition) is 5. The lowest BCUT2D eigenvalue weighted by atomic mass is 9.69. The van der Waals surface area contributed by atoms with E-state index >= 15 is 0 Å². The Labute approximate surface area is 163 Å². The predicted octanol–water partition coefficient (Wildman–Crippen LogP) is 0.497. The molecule has 3 rings (SSSR count). The van der Waals surface area contributed by atoms with Crippen molar-refractivity contribution < 1.29 is 39.8 Å². The van der Waals surface area contributed by atoms with Gasteiger partial charge in [-0.3, -0.25) is 4.79 Å². The average molecular weight is 396 g/mol. The molecule has 1 aromatic carbocycles. The van der Waals surface area contributed by atoms with Gasteiger partial charge in [-0.15, -0.1) is 0 Å². The second kappa shape index (κ2) is 8.34. The van der Waals surface area contributed by atoms with Gasteiger partial charge in [0.25, 0.3) is 0 Å². The Morgan fingerprint density at radius 3 is 2.39 bits per heavy atom. The third-order valence-corrected chi connectivity index (χ3v) is 6.10. The number of aliphatic hydroxyl groups excluding tert-OH is 4. The molecule has 1 aliphatic carbocycles. The van der Waals surface area contributed by atoms with Gasteiger partial charge < -0.3 is 35.0 Å². The van der Waals surface area contributed by atoms with E-state index in [0.717, 1.165) is 19.3 Å². The fraction of sp³-hybridized carbons (Fsp3) is 0.650. The minimum absolute atomic E-state index is 0.365.